The van der Waals surface area contributed by atoms with Crippen LogP contribution in [-0.2, 0) is 23.1 Å². The van der Waals surface area contributed by atoms with Gasteiger partial charge in [-0.25, -0.2) is 22.5 Å². The van der Waals surface area contributed by atoms with Gasteiger partial charge in [-0.15, -0.1) is 0 Å². The summed E-state index contributed by atoms with van der Waals surface area (Å²) >= 11 is 0. The normalized spacial score (nSPS) is 11.7. The van der Waals surface area contributed by atoms with E-state index in [4.69, 9.17) is 0 Å². The highest BCUT2D eigenvalue weighted by Gasteiger charge is 2.19. The van der Waals surface area contributed by atoms with Crippen molar-refractivity contribution in [2.45, 2.75) is 18.0 Å². The van der Waals surface area contributed by atoms with Crippen molar-refractivity contribution in [3.63, 3.8) is 0 Å². The molecule has 0 fully saturated rings. The predicted molar refractivity (Wildman–Crippen MR) is 71.8 cm³/mol. The monoisotopic (exact) mass is 298 g/mol. The second-order valence-electron chi connectivity index (χ2n) is 4.20. The van der Waals surface area contributed by atoms with Crippen LogP contribution in [-0.4, -0.2) is 25.4 Å². The van der Waals surface area contributed by atoms with E-state index < -0.39 is 15.8 Å². The number of hydrogen-bond donors (Lipinski definition) is 3. The lowest BCUT2D eigenvalue weighted by atomic mass is 10.2. The third-order valence-electron chi connectivity index (χ3n) is 2.67. The Balaban J connectivity index is 2.21. The smallest absolute Gasteiger partial charge is 0.243 e. The molecule has 0 radical (unpaired) electrons. The van der Waals surface area contributed by atoms with Gasteiger partial charge in [-0.2, -0.15) is 0 Å². The molecule has 0 aliphatic heterocycles. The molecule has 0 spiro atoms. The van der Waals surface area contributed by atoms with Gasteiger partial charge in [-0.05, 0) is 24.7 Å². The van der Waals surface area contributed by atoms with E-state index in [1.54, 1.807) is 13.1 Å². The van der Waals surface area contributed by atoms with Crippen molar-refractivity contribution in [3.8, 4) is 0 Å². The fourth-order valence-corrected chi connectivity index (χ4v) is 2.83. The Morgan fingerprint density at radius 2 is 2.15 bits per heavy atom. The molecule has 0 atom stereocenters. The summed E-state index contributed by atoms with van der Waals surface area (Å²) in [5.74, 6) is -0.776. The van der Waals surface area contributed by atoms with E-state index in [1.807, 2.05) is 0 Å². The lowest BCUT2D eigenvalue weighted by Crippen LogP contribution is -2.24. The summed E-state index contributed by atoms with van der Waals surface area (Å²) in [6.07, 6.45) is 2.94. The van der Waals surface area contributed by atoms with Crippen molar-refractivity contribution in [2.24, 2.45) is 0 Å². The van der Waals surface area contributed by atoms with E-state index in [1.165, 1.54) is 18.6 Å². The third-order valence-corrected chi connectivity index (χ3v) is 4.09. The average molecular weight is 298 g/mol. The van der Waals surface area contributed by atoms with E-state index in [2.05, 4.69) is 20.0 Å². The molecule has 0 unspecified atom stereocenters. The van der Waals surface area contributed by atoms with Gasteiger partial charge in [0.2, 0.25) is 10.0 Å². The first-order valence-electron chi connectivity index (χ1n) is 5.93. The number of nitrogens with zero attached hydrogens (tertiary/aromatic N) is 1. The van der Waals surface area contributed by atoms with Gasteiger partial charge in [0.25, 0.3) is 0 Å². The number of aromatic amines is 1. The van der Waals surface area contributed by atoms with E-state index in [0.717, 1.165) is 6.07 Å². The van der Waals surface area contributed by atoms with Gasteiger partial charge in [-0.1, -0.05) is 6.07 Å². The molecule has 1 heterocycles. The third kappa shape index (κ3) is 3.41. The number of sulfonamides is 1. The molecule has 0 saturated carbocycles. The molecule has 3 N–H and O–H groups in total. The Kier molecular flexibility index (Phi) is 4.48. The molecule has 0 aliphatic carbocycles. The summed E-state index contributed by atoms with van der Waals surface area (Å²) in [4.78, 5) is 6.19. The van der Waals surface area contributed by atoms with E-state index >= 15 is 0 Å². The Morgan fingerprint density at radius 1 is 1.35 bits per heavy atom. The van der Waals surface area contributed by atoms with Gasteiger partial charge in [0.1, 0.15) is 10.7 Å². The maximum Gasteiger partial charge on any atom is 0.243 e. The molecule has 2 rings (SSSR count). The van der Waals surface area contributed by atoms with Crippen molar-refractivity contribution < 1.29 is 12.8 Å². The zero-order valence-corrected chi connectivity index (χ0v) is 11.7. The summed E-state index contributed by atoms with van der Waals surface area (Å²) in [7, 11) is -2.18. The van der Waals surface area contributed by atoms with Crippen LogP contribution >= 0.6 is 0 Å². The standard InChI is InChI=1S/C12H15FN4O2S/c1-14-5-9-2-3-11(13)12(4-9)20(18,19)17-7-10-6-15-8-16-10/h2-4,6,8,14,17H,5,7H2,1H3,(H,15,16). The number of halogens is 1. The van der Waals surface area contributed by atoms with Crippen molar-refractivity contribution in [1.29, 1.82) is 0 Å². The van der Waals surface area contributed by atoms with Crippen LogP contribution in [0.15, 0.2) is 35.6 Å². The molecule has 1 aromatic heterocycles. The first kappa shape index (κ1) is 14.6. The quantitative estimate of drug-likeness (QED) is 0.734. The van der Waals surface area contributed by atoms with Crippen LogP contribution in [0.5, 0.6) is 0 Å². The number of hydrogen-bond acceptors (Lipinski definition) is 4. The maximum absolute atomic E-state index is 13.7. The second-order valence-corrected chi connectivity index (χ2v) is 5.93. The zero-order valence-electron chi connectivity index (χ0n) is 10.9. The summed E-state index contributed by atoms with van der Waals surface area (Å²) in [5.41, 5.74) is 1.29. The van der Waals surface area contributed by atoms with Crippen LogP contribution in [0.3, 0.4) is 0 Å². The fraction of sp³-hybridized carbons (Fsp3) is 0.250. The van der Waals surface area contributed by atoms with Crippen LogP contribution in [0.2, 0.25) is 0 Å². The van der Waals surface area contributed by atoms with Gasteiger partial charge < -0.3 is 10.3 Å². The van der Waals surface area contributed by atoms with Crippen molar-refractivity contribution >= 4 is 10.0 Å². The predicted octanol–water partition coefficient (Wildman–Crippen LogP) is 0.747. The van der Waals surface area contributed by atoms with Crippen LogP contribution in [0, 0.1) is 5.82 Å². The Morgan fingerprint density at radius 3 is 2.80 bits per heavy atom. The minimum Gasteiger partial charge on any atom is -0.347 e. The molecule has 8 heteroatoms. The van der Waals surface area contributed by atoms with Crippen LogP contribution in [0.25, 0.3) is 0 Å². The Bertz CT molecular complexity index is 671. The van der Waals surface area contributed by atoms with Gasteiger partial charge in [0.05, 0.1) is 12.9 Å². The molecule has 1 aromatic carbocycles. The molecule has 0 amide bonds. The van der Waals surface area contributed by atoms with E-state index in [9.17, 15) is 12.8 Å². The van der Waals surface area contributed by atoms with E-state index in [-0.39, 0.29) is 11.4 Å². The summed E-state index contributed by atoms with van der Waals surface area (Å²) < 4.78 is 40.2. The van der Waals surface area contributed by atoms with Gasteiger partial charge in [-0.3, -0.25) is 0 Å². The van der Waals surface area contributed by atoms with Crippen molar-refractivity contribution in [3.05, 3.63) is 47.8 Å². The van der Waals surface area contributed by atoms with Crippen molar-refractivity contribution in [1.82, 2.24) is 20.0 Å². The minimum absolute atomic E-state index is 0.0258. The molecule has 2 aromatic rings. The number of benzene rings is 1. The molecule has 0 bridgehead atoms. The zero-order chi connectivity index (χ0) is 14.6. The number of H-pyrrole nitrogens is 1. The SMILES string of the molecule is CNCc1ccc(F)c(S(=O)(=O)NCc2cnc[nH]2)c1. The number of imidazole rings is 1. The molecule has 0 aliphatic rings. The van der Waals surface area contributed by atoms with Crippen LogP contribution in [0.4, 0.5) is 4.39 Å². The average Bonchev–Trinajstić information content (AvgIpc) is 2.92. The maximum atomic E-state index is 13.7. The lowest BCUT2D eigenvalue weighted by Gasteiger charge is -2.09. The molecular weight excluding hydrogens is 283 g/mol. The first-order valence-corrected chi connectivity index (χ1v) is 7.41. The Labute approximate surface area is 116 Å². The highest BCUT2D eigenvalue weighted by atomic mass is 32.2. The molecular formula is C12H15FN4O2S. The van der Waals surface area contributed by atoms with Crippen LogP contribution < -0.4 is 10.0 Å². The molecule has 20 heavy (non-hydrogen) atoms. The summed E-state index contributed by atoms with van der Waals surface area (Å²) in [5, 5.41) is 2.89. The fourth-order valence-electron chi connectivity index (χ4n) is 1.70. The Hall–Kier alpha value is -1.77. The largest absolute Gasteiger partial charge is 0.347 e. The highest BCUT2D eigenvalue weighted by molar-refractivity contribution is 7.89. The highest BCUT2D eigenvalue weighted by Crippen LogP contribution is 2.16. The molecule has 108 valence electrons. The van der Waals surface area contributed by atoms with Gasteiger partial charge in [0.15, 0.2) is 0 Å². The minimum atomic E-state index is -3.91. The lowest BCUT2D eigenvalue weighted by molar-refractivity contribution is 0.555. The first-order chi connectivity index (χ1) is 9.53. The topological polar surface area (TPSA) is 86.9 Å². The summed E-state index contributed by atoms with van der Waals surface area (Å²) in [6, 6.07) is 4.01. The van der Waals surface area contributed by atoms with Crippen molar-refractivity contribution in [2.75, 3.05) is 7.05 Å². The molecule has 6 nitrogen and oxygen atoms in total. The number of nitrogens with one attached hydrogen (secondary N) is 3. The summed E-state index contributed by atoms with van der Waals surface area (Å²) in [6.45, 7) is 0.487. The second kappa shape index (κ2) is 6.12. The molecule has 0 saturated heterocycles. The van der Waals surface area contributed by atoms with Crippen LogP contribution in [0.1, 0.15) is 11.3 Å². The van der Waals surface area contributed by atoms with Gasteiger partial charge in [0, 0.05) is 18.4 Å². The number of rotatable bonds is 6. The van der Waals surface area contributed by atoms with E-state index in [0.29, 0.717) is 17.8 Å². The van der Waals surface area contributed by atoms with Gasteiger partial charge >= 0.3 is 0 Å². The number of aromatic nitrogens is 2.